The number of likely N-dealkylation sites (N-methyl/N-ethyl adjacent to an activating group) is 1. The number of carbonyl (C=O) groups excluding carboxylic acids is 1. The van der Waals surface area contributed by atoms with Crippen molar-refractivity contribution in [2.24, 2.45) is 0 Å². The van der Waals surface area contributed by atoms with Gasteiger partial charge in [0.15, 0.2) is 0 Å². The third-order valence-electron chi connectivity index (χ3n) is 4.04. The van der Waals surface area contributed by atoms with Gasteiger partial charge in [0, 0.05) is 30.1 Å². The van der Waals surface area contributed by atoms with Gasteiger partial charge < -0.3 is 4.90 Å². The SMILES string of the molecule is CN(Cc1ccc(Cl)cc1Cl)C(=O)[C@@H](Cc1ccccc1)n1cnnn1. The van der Waals surface area contributed by atoms with Crippen molar-refractivity contribution in [3.63, 3.8) is 0 Å². The van der Waals surface area contributed by atoms with Crippen LogP contribution in [0.25, 0.3) is 0 Å². The van der Waals surface area contributed by atoms with Crippen molar-refractivity contribution in [3.05, 3.63) is 76.0 Å². The lowest BCUT2D eigenvalue weighted by molar-refractivity contribution is -0.134. The molecular weight excluding hydrogens is 373 g/mol. The number of benzene rings is 2. The normalized spacial score (nSPS) is 12.0. The fourth-order valence-corrected chi connectivity index (χ4v) is 3.15. The molecule has 1 atom stereocenters. The summed E-state index contributed by atoms with van der Waals surface area (Å²) in [5.74, 6) is -0.104. The Morgan fingerprint density at radius 2 is 1.96 bits per heavy atom. The second-order valence-corrected chi connectivity index (χ2v) is 6.77. The Labute approximate surface area is 161 Å². The number of aromatic nitrogens is 4. The highest BCUT2D eigenvalue weighted by molar-refractivity contribution is 6.35. The third kappa shape index (κ3) is 4.39. The van der Waals surface area contributed by atoms with E-state index in [0.717, 1.165) is 11.1 Å². The van der Waals surface area contributed by atoms with Crippen molar-refractivity contribution in [1.82, 2.24) is 25.1 Å². The first-order valence-corrected chi connectivity index (χ1v) is 8.75. The number of tetrazole rings is 1. The van der Waals surface area contributed by atoms with E-state index in [0.29, 0.717) is 23.0 Å². The van der Waals surface area contributed by atoms with E-state index in [1.54, 1.807) is 24.1 Å². The molecule has 0 aliphatic rings. The minimum absolute atomic E-state index is 0.104. The number of carbonyl (C=O) groups is 1. The van der Waals surface area contributed by atoms with E-state index >= 15 is 0 Å². The zero-order valence-electron chi connectivity index (χ0n) is 14.1. The molecule has 3 aromatic rings. The van der Waals surface area contributed by atoms with Crippen molar-refractivity contribution >= 4 is 29.1 Å². The van der Waals surface area contributed by atoms with Gasteiger partial charge in [0.2, 0.25) is 5.91 Å². The highest BCUT2D eigenvalue weighted by Gasteiger charge is 2.26. The van der Waals surface area contributed by atoms with Crippen LogP contribution in [0.4, 0.5) is 0 Å². The van der Waals surface area contributed by atoms with Crippen LogP contribution in [0, 0.1) is 0 Å². The zero-order valence-corrected chi connectivity index (χ0v) is 15.6. The Hall–Kier alpha value is -2.44. The van der Waals surface area contributed by atoms with E-state index in [1.807, 2.05) is 36.4 Å². The summed E-state index contributed by atoms with van der Waals surface area (Å²) in [5, 5.41) is 12.3. The molecule has 2 aromatic carbocycles. The Morgan fingerprint density at radius 1 is 1.19 bits per heavy atom. The van der Waals surface area contributed by atoms with E-state index < -0.39 is 6.04 Å². The number of amides is 1. The molecule has 0 aliphatic heterocycles. The first-order chi connectivity index (χ1) is 12.5. The molecule has 0 spiro atoms. The lowest BCUT2D eigenvalue weighted by Crippen LogP contribution is -2.35. The van der Waals surface area contributed by atoms with Crippen LogP contribution in [0.3, 0.4) is 0 Å². The number of nitrogens with zero attached hydrogens (tertiary/aromatic N) is 5. The Kier molecular flexibility index (Phi) is 5.85. The fraction of sp³-hybridized carbons (Fsp3) is 0.222. The third-order valence-corrected chi connectivity index (χ3v) is 4.63. The van der Waals surface area contributed by atoms with Crippen molar-refractivity contribution in [3.8, 4) is 0 Å². The summed E-state index contributed by atoms with van der Waals surface area (Å²) in [6, 6.07) is 14.5. The highest BCUT2D eigenvalue weighted by atomic mass is 35.5. The number of rotatable bonds is 6. The monoisotopic (exact) mass is 389 g/mol. The molecule has 26 heavy (non-hydrogen) atoms. The summed E-state index contributed by atoms with van der Waals surface area (Å²) in [6.45, 7) is 0.363. The topological polar surface area (TPSA) is 63.9 Å². The first kappa shape index (κ1) is 18.4. The molecule has 0 saturated heterocycles. The van der Waals surface area contributed by atoms with Crippen LogP contribution in [0.1, 0.15) is 17.2 Å². The lowest BCUT2D eigenvalue weighted by atomic mass is 10.0. The van der Waals surface area contributed by atoms with Gasteiger partial charge in [0.05, 0.1) is 0 Å². The van der Waals surface area contributed by atoms with Crippen LogP contribution in [-0.4, -0.2) is 38.1 Å². The van der Waals surface area contributed by atoms with Gasteiger partial charge in [-0.15, -0.1) is 5.10 Å². The summed E-state index contributed by atoms with van der Waals surface area (Å²) in [4.78, 5) is 14.7. The molecule has 8 heteroatoms. The van der Waals surface area contributed by atoms with Gasteiger partial charge in [-0.3, -0.25) is 4.79 Å². The highest BCUT2D eigenvalue weighted by Crippen LogP contribution is 2.23. The van der Waals surface area contributed by atoms with E-state index in [-0.39, 0.29) is 5.91 Å². The molecule has 0 unspecified atom stereocenters. The maximum Gasteiger partial charge on any atom is 0.247 e. The molecule has 0 aliphatic carbocycles. The lowest BCUT2D eigenvalue weighted by Gasteiger charge is -2.24. The van der Waals surface area contributed by atoms with E-state index in [4.69, 9.17) is 23.2 Å². The molecular formula is C18H17Cl2N5O. The zero-order chi connectivity index (χ0) is 18.5. The van der Waals surface area contributed by atoms with Gasteiger partial charge in [-0.2, -0.15) is 0 Å². The average molecular weight is 390 g/mol. The minimum Gasteiger partial charge on any atom is -0.340 e. The molecule has 0 radical (unpaired) electrons. The van der Waals surface area contributed by atoms with Crippen molar-refractivity contribution in [2.45, 2.75) is 19.0 Å². The van der Waals surface area contributed by atoms with E-state index in [9.17, 15) is 4.79 Å². The van der Waals surface area contributed by atoms with Gasteiger partial charge in [-0.05, 0) is 33.7 Å². The standard InChI is InChI=1S/C18H17Cl2N5O/c1-24(11-14-7-8-15(19)10-16(14)20)18(26)17(25-12-21-22-23-25)9-13-5-3-2-4-6-13/h2-8,10,12,17H,9,11H2,1H3/t17-/m1/s1. The largest absolute Gasteiger partial charge is 0.340 e. The molecule has 134 valence electrons. The van der Waals surface area contributed by atoms with Crippen LogP contribution in [0.2, 0.25) is 10.0 Å². The number of halogens is 2. The molecule has 0 saturated carbocycles. The molecule has 0 N–H and O–H groups in total. The van der Waals surface area contributed by atoms with Crippen LogP contribution in [0.15, 0.2) is 54.9 Å². The van der Waals surface area contributed by atoms with Gasteiger partial charge >= 0.3 is 0 Å². The quantitative estimate of drug-likeness (QED) is 0.647. The summed E-state index contributed by atoms with van der Waals surface area (Å²) < 4.78 is 1.48. The summed E-state index contributed by atoms with van der Waals surface area (Å²) in [6.07, 6.45) is 1.94. The summed E-state index contributed by atoms with van der Waals surface area (Å²) in [5.41, 5.74) is 1.85. The fourth-order valence-electron chi connectivity index (χ4n) is 2.68. The summed E-state index contributed by atoms with van der Waals surface area (Å²) >= 11 is 12.2. The van der Waals surface area contributed by atoms with Crippen LogP contribution >= 0.6 is 23.2 Å². The van der Waals surface area contributed by atoms with Gasteiger partial charge in [-0.1, -0.05) is 59.6 Å². The minimum atomic E-state index is -0.538. The van der Waals surface area contributed by atoms with E-state index in [2.05, 4.69) is 15.5 Å². The summed E-state index contributed by atoms with van der Waals surface area (Å²) in [7, 11) is 1.73. The maximum absolute atomic E-state index is 13.1. The Balaban J connectivity index is 1.80. The Morgan fingerprint density at radius 3 is 2.62 bits per heavy atom. The van der Waals surface area contributed by atoms with Crippen LogP contribution in [-0.2, 0) is 17.8 Å². The molecule has 3 rings (SSSR count). The maximum atomic E-state index is 13.1. The molecule has 1 amide bonds. The molecule has 0 fully saturated rings. The second-order valence-electron chi connectivity index (χ2n) is 5.93. The van der Waals surface area contributed by atoms with Crippen LogP contribution in [0.5, 0.6) is 0 Å². The van der Waals surface area contributed by atoms with Crippen molar-refractivity contribution in [1.29, 1.82) is 0 Å². The Bertz CT molecular complexity index is 871. The predicted molar refractivity (Wildman–Crippen MR) is 99.9 cm³/mol. The molecule has 0 bridgehead atoms. The van der Waals surface area contributed by atoms with Crippen molar-refractivity contribution < 1.29 is 4.79 Å². The van der Waals surface area contributed by atoms with Gasteiger partial charge in [0.25, 0.3) is 0 Å². The first-order valence-electron chi connectivity index (χ1n) is 8.00. The van der Waals surface area contributed by atoms with Crippen molar-refractivity contribution in [2.75, 3.05) is 7.05 Å². The predicted octanol–water partition coefficient (Wildman–Crippen LogP) is 3.42. The van der Waals surface area contributed by atoms with E-state index in [1.165, 1.54) is 11.0 Å². The molecule has 1 heterocycles. The molecule has 6 nitrogen and oxygen atoms in total. The van der Waals surface area contributed by atoms with Crippen LogP contribution < -0.4 is 0 Å². The van der Waals surface area contributed by atoms with Gasteiger partial charge in [0.1, 0.15) is 12.4 Å². The second kappa shape index (κ2) is 8.29. The van der Waals surface area contributed by atoms with Gasteiger partial charge in [-0.25, -0.2) is 4.68 Å². The molecule has 1 aromatic heterocycles. The smallest absolute Gasteiger partial charge is 0.247 e. The number of hydrogen-bond donors (Lipinski definition) is 0. The average Bonchev–Trinajstić information content (AvgIpc) is 3.16. The number of hydrogen-bond acceptors (Lipinski definition) is 4.